The molecule has 0 radical (unpaired) electrons. The summed E-state index contributed by atoms with van der Waals surface area (Å²) in [5, 5.41) is 14.5. The first-order valence-corrected chi connectivity index (χ1v) is 7.83. The molecule has 0 bridgehead atoms. The van der Waals surface area contributed by atoms with Crippen LogP contribution in [-0.2, 0) is 0 Å². The van der Waals surface area contributed by atoms with Crippen molar-refractivity contribution in [1.82, 2.24) is 5.32 Å². The average Bonchev–Trinajstić information content (AvgIpc) is 2.48. The summed E-state index contributed by atoms with van der Waals surface area (Å²) in [5.41, 5.74) is 2.02. The van der Waals surface area contributed by atoms with E-state index in [2.05, 4.69) is 17.1 Å². The number of benzene rings is 1. The minimum Gasteiger partial charge on any atom is -0.371 e. The van der Waals surface area contributed by atoms with Crippen LogP contribution < -0.4 is 10.2 Å². The fourth-order valence-electron chi connectivity index (χ4n) is 3.11. The van der Waals surface area contributed by atoms with Gasteiger partial charge in [-0.2, -0.15) is 0 Å². The minimum atomic E-state index is -0.284. The summed E-state index contributed by atoms with van der Waals surface area (Å²) < 4.78 is 0. The van der Waals surface area contributed by atoms with Gasteiger partial charge in [-0.1, -0.05) is 13.0 Å². The highest BCUT2D eigenvalue weighted by atomic mass is 16.6. The lowest BCUT2D eigenvalue weighted by molar-refractivity contribution is -0.385. The van der Waals surface area contributed by atoms with E-state index in [0.29, 0.717) is 5.92 Å². The zero-order valence-corrected chi connectivity index (χ0v) is 13.0. The zero-order chi connectivity index (χ0) is 15.2. The lowest BCUT2D eigenvalue weighted by atomic mass is 9.97. The van der Waals surface area contributed by atoms with Crippen LogP contribution in [0.3, 0.4) is 0 Å². The Morgan fingerprint density at radius 2 is 2.10 bits per heavy atom. The van der Waals surface area contributed by atoms with Crippen molar-refractivity contribution in [2.24, 2.45) is 5.92 Å². The van der Waals surface area contributed by atoms with Gasteiger partial charge in [-0.15, -0.1) is 0 Å². The summed E-state index contributed by atoms with van der Waals surface area (Å²) in [6.07, 6.45) is 3.43. The molecule has 2 rings (SSSR count). The monoisotopic (exact) mass is 291 g/mol. The maximum atomic E-state index is 11.1. The molecule has 0 aromatic heterocycles. The first kappa shape index (κ1) is 15.8. The van der Waals surface area contributed by atoms with Crippen molar-refractivity contribution in [2.75, 3.05) is 31.1 Å². The van der Waals surface area contributed by atoms with Gasteiger partial charge in [0.05, 0.1) is 10.5 Å². The van der Waals surface area contributed by atoms with Gasteiger partial charge in [0, 0.05) is 24.8 Å². The van der Waals surface area contributed by atoms with Gasteiger partial charge in [0.15, 0.2) is 0 Å². The van der Waals surface area contributed by atoms with Crippen molar-refractivity contribution < 1.29 is 4.92 Å². The van der Waals surface area contributed by atoms with Crippen molar-refractivity contribution in [3.8, 4) is 0 Å². The molecule has 1 fully saturated rings. The van der Waals surface area contributed by atoms with Crippen LogP contribution in [0.5, 0.6) is 0 Å². The lowest BCUT2D eigenvalue weighted by Gasteiger charge is -2.32. The van der Waals surface area contributed by atoms with Gasteiger partial charge in [0.1, 0.15) is 0 Å². The molecule has 1 aliphatic heterocycles. The number of hydrogen-bond acceptors (Lipinski definition) is 4. The fourth-order valence-corrected chi connectivity index (χ4v) is 3.11. The van der Waals surface area contributed by atoms with Crippen molar-refractivity contribution in [2.45, 2.75) is 33.1 Å². The van der Waals surface area contributed by atoms with Crippen LogP contribution >= 0.6 is 0 Å². The van der Waals surface area contributed by atoms with Crippen molar-refractivity contribution in [3.05, 3.63) is 33.9 Å². The average molecular weight is 291 g/mol. The van der Waals surface area contributed by atoms with Crippen LogP contribution in [-0.4, -0.2) is 31.1 Å². The fraction of sp³-hybridized carbons (Fsp3) is 0.625. The van der Waals surface area contributed by atoms with E-state index in [9.17, 15) is 10.1 Å². The van der Waals surface area contributed by atoms with Gasteiger partial charge in [-0.05, 0) is 51.3 Å². The molecule has 0 atom stereocenters. The van der Waals surface area contributed by atoms with E-state index >= 15 is 0 Å². The number of nitrogens with one attached hydrogen (secondary N) is 1. The van der Waals surface area contributed by atoms with Crippen molar-refractivity contribution in [1.29, 1.82) is 0 Å². The third-order valence-electron chi connectivity index (χ3n) is 4.24. The highest BCUT2D eigenvalue weighted by Gasteiger charge is 2.21. The lowest BCUT2D eigenvalue weighted by Crippen LogP contribution is -2.37. The highest BCUT2D eigenvalue weighted by Crippen LogP contribution is 2.29. The zero-order valence-electron chi connectivity index (χ0n) is 13.0. The molecule has 0 aliphatic carbocycles. The number of piperidine rings is 1. The predicted octanol–water partition coefficient (Wildman–Crippen LogP) is 3.12. The third-order valence-corrected chi connectivity index (χ3v) is 4.24. The second-order valence-corrected chi connectivity index (χ2v) is 5.82. The van der Waals surface area contributed by atoms with Gasteiger partial charge in [0.2, 0.25) is 0 Å². The SMILES string of the molecule is CCCN(CC1CCNCC1)c1cccc([N+](=O)[O-])c1C. The van der Waals surface area contributed by atoms with Gasteiger partial charge >= 0.3 is 0 Å². The van der Waals surface area contributed by atoms with E-state index in [0.717, 1.165) is 43.9 Å². The van der Waals surface area contributed by atoms with E-state index in [1.807, 2.05) is 13.0 Å². The maximum Gasteiger partial charge on any atom is 0.274 e. The van der Waals surface area contributed by atoms with Crippen molar-refractivity contribution >= 4 is 11.4 Å². The topological polar surface area (TPSA) is 58.4 Å². The van der Waals surface area contributed by atoms with E-state index in [1.54, 1.807) is 12.1 Å². The maximum absolute atomic E-state index is 11.1. The van der Waals surface area contributed by atoms with Crippen LogP contribution in [0.2, 0.25) is 0 Å². The normalized spacial score (nSPS) is 15.9. The first-order valence-electron chi connectivity index (χ1n) is 7.83. The first-order chi connectivity index (χ1) is 10.1. The van der Waals surface area contributed by atoms with Gasteiger partial charge < -0.3 is 10.2 Å². The molecule has 1 aromatic rings. The summed E-state index contributed by atoms with van der Waals surface area (Å²) in [6, 6.07) is 5.40. The van der Waals surface area contributed by atoms with Gasteiger partial charge in [-0.25, -0.2) is 0 Å². The summed E-state index contributed by atoms with van der Waals surface area (Å²) >= 11 is 0. The Bertz CT molecular complexity index is 484. The second kappa shape index (κ2) is 7.41. The van der Waals surface area contributed by atoms with Crippen LogP contribution in [0.25, 0.3) is 0 Å². The molecule has 5 nitrogen and oxygen atoms in total. The molecule has 0 unspecified atom stereocenters. The highest BCUT2D eigenvalue weighted by molar-refractivity contribution is 5.61. The Kier molecular flexibility index (Phi) is 5.56. The third kappa shape index (κ3) is 3.94. The Hall–Kier alpha value is -1.62. The second-order valence-electron chi connectivity index (χ2n) is 5.82. The number of nitro groups is 1. The van der Waals surface area contributed by atoms with Crippen LogP contribution in [0.15, 0.2) is 18.2 Å². The summed E-state index contributed by atoms with van der Waals surface area (Å²) in [7, 11) is 0. The van der Waals surface area contributed by atoms with Crippen LogP contribution in [0.4, 0.5) is 11.4 Å². The van der Waals surface area contributed by atoms with Crippen molar-refractivity contribution in [3.63, 3.8) is 0 Å². The molecule has 1 aliphatic rings. The molecule has 0 saturated carbocycles. The Morgan fingerprint density at radius 3 is 2.71 bits per heavy atom. The molecule has 21 heavy (non-hydrogen) atoms. The Morgan fingerprint density at radius 1 is 1.38 bits per heavy atom. The molecule has 116 valence electrons. The largest absolute Gasteiger partial charge is 0.371 e. The van der Waals surface area contributed by atoms with E-state index in [1.165, 1.54) is 12.8 Å². The summed E-state index contributed by atoms with van der Waals surface area (Å²) in [5.74, 6) is 0.677. The predicted molar refractivity (Wildman–Crippen MR) is 85.9 cm³/mol. The quantitative estimate of drug-likeness (QED) is 0.646. The number of nitrogens with zero attached hydrogens (tertiary/aromatic N) is 2. The molecule has 1 saturated heterocycles. The number of nitro benzene ring substituents is 1. The molecule has 5 heteroatoms. The minimum absolute atomic E-state index is 0.221. The smallest absolute Gasteiger partial charge is 0.274 e. The Labute approximate surface area is 126 Å². The van der Waals surface area contributed by atoms with Crippen LogP contribution in [0.1, 0.15) is 31.7 Å². The number of hydrogen-bond donors (Lipinski definition) is 1. The van der Waals surface area contributed by atoms with Gasteiger partial charge in [-0.3, -0.25) is 10.1 Å². The molecule has 0 amide bonds. The molecule has 1 aromatic carbocycles. The van der Waals surface area contributed by atoms with E-state index < -0.39 is 0 Å². The number of rotatable bonds is 6. The molecular formula is C16H25N3O2. The number of anilines is 1. The van der Waals surface area contributed by atoms with E-state index in [-0.39, 0.29) is 10.6 Å². The van der Waals surface area contributed by atoms with Gasteiger partial charge in [0.25, 0.3) is 5.69 Å². The molecule has 0 spiro atoms. The Balaban J connectivity index is 2.20. The molecule has 1 N–H and O–H groups in total. The molecule has 1 heterocycles. The summed E-state index contributed by atoms with van der Waals surface area (Å²) in [6.45, 7) is 8.13. The van der Waals surface area contributed by atoms with E-state index in [4.69, 9.17) is 0 Å². The molecular weight excluding hydrogens is 266 g/mol. The van der Waals surface area contributed by atoms with Crippen LogP contribution in [0, 0.1) is 23.0 Å². The summed E-state index contributed by atoms with van der Waals surface area (Å²) in [4.78, 5) is 13.2. The standard InChI is InChI=1S/C16H25N3O2/c1-3-11-18(12-14-7-9-17-10-8-14)15-5-4-6-16(13(15)2)19(20)21/h4-6,14,17H,3,7-12H2,1-2H3.